The second-order valence-electron chi connectivity index (χ2n) is 17.2. The van der Waals surface area contributed by atoms with Gasteiger partial charge in [-0.3, -0.25) is 23.4 Å². The van der Waals surface area contributed by atoms with Crippen LogP contribution >= 0.6 is 7.82 Å². The fraction of sp³-hybridized carbons (Fsp3) is 0.583. The summed E-state index contributed by atoms with van der Waals surface area (Å²) in [4.78, 5) is 48.4. The van der Waals surface area contributed by atoms with Crippen LogP contribution in [0.1, 0.15) is 188 Å². The van der Waals surface area contributed by atoms with E-state index in [9.17, 15) is 28.9 Å². The van der Waals surface area contributed by atoms with Gasteiger partial charge in [-0.2, -0.15) is 0 Å². The van der Waals surface area contributed by atoms with Crippen LogP contribution in [0.2, 0.25) is 0 Å². The summed E-state index contributed by atoms with van der Waals surface area (Å²) in [5, 5.41) is 9.79. The van der Waals surface area contributed by atoms with Crippen molar-refractivity contribution in [1.82, 2.24) is 0 Å². The number of hydrogen-bond donors (Lipinski definition) is 2. The Kier molecular flexibility index (Phi) is 49.7. The number of ether oxygens (including phenoxy) is 3. The minimum Gasteiger partial charge on any atom is -0.462 e. The number of unbranched alkanes of at least 4 members (excludes halogenated alkanes) is 9. The third-order valence-corrected chi connectivity index (χ3v) is 11.5. The lowest BCUT2D eigenvalue weighted by molar-refractivity contribution is -0.161. The van der Waals surface area contributed by atoms with E-state index in [0.29, 0.717) is 19.3 Å². The Morgan fingerprint density at radius 3 is 1.07 bits per heavy atom. The van der Waals surface area contributed by atoms with E-state index in [4.69, 9.17) is 23.3 Å². The van der Waals surface area contributed by atoms with Crippen LogP contribution < -0.4 is 0 Å². The molecule has 3 atom stereocenters. The molecule has 0 spiro atoms. The lowest BCUT2D eigenvalue weighted by atomic mass is 10.1. The van der Waals surface area contributed by atoms with Gasteiger partial charge in [0.05, 0.1) is 19.8 Å². The Labute approximate surface area is 436 Å². The molecule has 0 saturated carbocycles. The van der Waals surface area contributed by atoms with Crippen molar-refractivity contribution in [3.8, 4) is 0 Å². The van der Waals surface area contributed by atoms with Crippen molar-refractivity contribution < 1.29 is 52.2 Å². The van der Waals surface area contributed by atoms with Gasteiger partial charge in [0.2, 0.25) is 0 Å². The summed E-state index contributed by atoms with van der Waals surface area (Å²) >= 11 is 0. The minimum atomic E-state index is -4.78. The number of aliphatic hydroxyl groups is 1. The van der Waals surface area contributed by atoms with E-state index in [1.165, 1.54) is 0 Å². The Bertz CT molecular complexity index is 1710. The van der Waals surface area contributed by atoms with Gasteiger partial charge in [0, 0.05) is 19.3 Å². The molecular formula is C60H95O11P. The molecule has 0 fully saturated rings. The third kappa shape index (κ3) is 50.6. The van der Waals surface area contributed by atoms with Gasteiger partial charge in [0.1, 0.15) is 12.7 Å². The number of aliphatic hydroxyl groups excluding tert-OH is 1. The summed E-state index contributed by atoms with van der Waals surface area (Å²) in [6, 6.07) is 0. The van der Waals surface area contributed by atoms with Crippen molar-refractivity contribution >= 4 is 25.7 Å². The van der Waals surface area contributed by atoms with Crippen molar-refractivity contribution in [3.63, 3.8) is 0 Å². The minimum absolute atomic E-state index is 0.113. The van der Waals surface area contributed by atoms with Gasteiger partial charge in [0.15, 0.2) is 6.10 Å². The molecule has 406 valence electrons. The summed E-state index contributed by atoms with van der Waals surface area (Å²) in [5.74, 6) is -1.59. The first-order chi connectivity index (χ1) is 35.2. The van der Waals surface area contributed by atoms with Crippen LogP contribution in [0.25, 0.3) is 0 Å². The molecule has 0 amide bonds. The predicted octanol–water partition coefficient (Wildman–Crippen LogP) is 15.8. The molecule has 0 heterocycles. The number of rotatable bonds is 48. The van der Waals surface area contributed by atoms with Crippen molar-refractivity contribution in [2.24, 2.45) is 0 Å². The van der Waals surface area contributed by atoms with E-state index in [-0.39, 0.29) is 25.9 Å². The predicted molar refractivity (Wildman–Crippen MR) is 297 cm³/mol. The average Bonchev–Trinajstić information content (AvgIpc) is 3.37. The van der Waals surface area contributed by atoms with E-state index in [1.807, 2.05) is 0 Å². The summed E-state index contributed by atoms with van der Waals surface area (Å²) < 4.78 is 39.3. The fourth-order valence-electron chi connectivity index (χ4n) is 6.53. The third-order valence-electron chi connectivity index (χ3n) is 10.6. The molecule has 0 aromatic heterocycles. The molecule has 0 aliphatic rings. The Balaban J connectivity index is 4.87. The smallest absolute Gasteiger partial charge is 0.462 e. The van der Waals surface area contributed by atoms with E-state index in [0.717, 1.165) is 128 Å². The number of carbonyl (C=O) groups excluding carboxylic acids is 3. The number of carbonyl (C=O) groups is 3. The first kappa shape index (κ1) is 67.6. The van der Waals surface area contributed by atoms with E-state index in [2.05, 4.69) is 154 Å². The van der Waals surface area contributed by atoms with Gasteiger partial charge in [-0.1, -0.05) is 174 Å². The fourth-order valence-corrected chi connectivity index (χ4v) is 7.31. The maximum atomic E-state index is 12.9. The topological polar surface area (TPSA) is 155 Å². The molecule has 2 N–H and O–H groups in total. The maximum Gasteiger partial charge on any atom is 0.472 e. The Morgan fingerprint density at radius 2 is 0.681 bits per heavy atom. The summed E-state index contributed by atoms with van der Waals surface area (Å²) in [5.41, 5.74) is 0. The zero-order valence-corrected chi connectivity index (χ0v) is 45.5. The molecule has 0 bridgehead atoms. The maximum absolute atomic E-state index is 12.9. The molecular weight excluding hydrogens is 928 g/mol. The standard InChI is InChI=1S/C60H95O11P/c1-4-7-10-13-16-19-22-25-27-28-30-33-36-39-42-45-48-51-60(64)71-57(53-67-58(62)49-46-43-40-37-34-31-24-21-18-15-12-9-6-3)55-69-72(65,66)68-54-56(52-61)70-59(63)50-47-44-41-38-35-32-29-26-23-20-17-14-11-8-5-2/h7-12,16-21,25-27,29-31,33-35,38,56-57,61H,4-6,13-15,22-24,28,32,36-37,39-55H2,1-3H3,(H,65,66)/b10-7-,11-8-,12-9-,19-16-,20-17-,21-18-,27-25-,29-26-,33-30-,34-31-,38-35-. The normalized spacial score (nSPS) is 14.5. The van der Waals surface area contributed by atoms with Crippen molar-refractivity contribution in [2.45, 2.75) is 200 Å². The molecule has 0 rings (SSSR count). The zero-order valence-electron chi connectivity index (χ0n) is 44.6. The lowest BCUT2D eigenvalue weighted by Crippen LogP contribution is -2.30. The van der Waals surface area contributed by atoms with Gasteiger partial charge in [-0.05, 0) is 128 Å². The van der Waals surface area contributed by atoms with Crippen molar-refractivity contribution in [3.05, 3.63) is 134 Å². The second-order valence-corrected chi connectivity index (χ2v) is 18.7. The first-order valence-electron chi connectivity index (χ1n) is 27.1. The van der Waals surface area contributed by atoms with Crippen LogP contribution in [-0.2, 0) is 42.2 Å². The van der Waals surface area contributed by atoms with Crippen LogP contribution in [0.15, 0.2) is 134 Å². The monoisotopic (exact) mass is 1020 g/mol. The van der Waals surface area contributed by atoms with Crippen molar-refractivity contribution in [2.75, 3.05) is 26.4 Å². The quantitative estimate of drug-likeness (QED) is 0.0197. The van der Waals surface area contributed by atoms with Gasteiger partial charge in [-0.15, -0.1) is 0 Å². The van der Waals surface area contributed by atoms with E-state index < -0.39 is 57.8 Å². The van der Waals surface area contributed by atoms with Crippen LogP contribution in [-0.4, -0.2) is 66.5 Å². The molecule has 12 heteroatoms. The summed E-state index contributed by atoms with van der Waals surface area (Å²) in [6.07, 6.45) is 65.6. The molecule has 72 heavy (non-hydrogen) atoms. The molecule has 0 aliphatic heterocycles. The summed E-state index contributed by atoms with van der Waals surface area (Å²) in [6.45, 7) is 4.15. The van der Waals surface area contributed by atoms with Gasteiger partial charge >= 0.3 is 25.7 Å². The highest BCUT2D eigenvalue weighted by Gasteiger charge is 2.28. The number of hydrogen-bond acceptors (Lipinski definition) is 10. The molecule has 0 aliphatic carbocycles. The summed E-state index contributed by atoms with van der Waals surface area (Å²) in [7, 11) is -4.78. The highest BCUT2D eigenvalue weighted by molar-refractivity contribution is 7.47. The van der Waals surface area contributed by atoms with Crippen LogP contribution in [0.4, 0.5) is 0 Å². The van der Waals surface area contributed by atoms with Crippen LogP contribution in [0.5, 0.6) is 0 Å². The Morgan fingerprint density at radius 1 is 0.389 bits per heavy atom. The van der Waals surface area contributed by atoms with Gasteiger partial charge < -0.3 is 24.2 Å². The zero-order chi connectivity index (χ0) is 52.7. The molecule has 3 unspecified atom stereocenters. The van der Waals surface area contributed by atoms with Gasteiger partial charge in [-0.25, -0.2) is 4.57 Å². The van der Waals surface area contributed by atoms with Crippen LogP contribution in [0, 0.1) is 0 Å². The molecule has 0 radical (unpaired) electrons. The van der Waals surface area contributed by atoms with Crippen molar-refractivity contribution in [1.29, 1.82) is 0 Å². The SMILES string of the molecule is CC/C=C\C/C=C\C/C=C\C/C=C\CCCCCCC(=O)OC(COC(=O)CCCCC/C=C\C/C=C\C/C=C\CC)COP(=O)(O)OCC(CO)OC(=O)CCCC/C=C\C/C=C\C/C=C\C/C=C\CC. The average molecular weight is 1020 g/mol. The molecule has 0 aromatic rings. The van der Waals surface area contributed by atoms with Crippen LogP contribution in [0.3, 0.4) is 0 Å². The molecule has 0 aromatic carbocycles. The first-order valence-corrected chi connectivity index (χ1v) is 28.6. The highest BCUT2D eigenvalue weighted by Crippen LogP contribution is 2.43. The number of esters is 3. The lowest BCUT2D eigenvalue weighted by Gasteiger charge is -2.21. The highest BCUT2D eigenvalue weighted by atomic mass is 31.2. The molecule has 0 saturated heterocycles. The number of allylic oxidation sites excluding steroid dienone is 22. The van der Waals surface area contributed by atoms with E-state index in [1.54, 1.807) is 0 Å². The largest absolute Gasteiger partial charge is 0.472 e. The molecule has 11 nitrogen and oxygen atoms in total. The Hall–Kier alpha value is -4.38. The number of phosphoric acid groups is 1. The van der Waals surface area contributed by atoms with Gasteiger partial charge in [0.25, 0.3) is 0 Å². The van der Waals surface area contributed by atoms with E-state index >= 15 is 0 Å². The second kappa shape index (κ2) is 52.9. The number of phosphoric ester groups is 1.